The molecule has 1 aromatic carbocycles. The molecule has 3 unspecified atom stereocenters. The van der Waals surface area contributed by atoms with Crippen molar-refractivity contribution in [1.82, 2.24) is 0 Å². The molecule has 0 bridgehead atoms. The van der Waals surface area contributed by atoms with Gasteiger partial charge in [0.05, 0.1) is 0 Å². The molecule has 1 aromatic rings. The maximum absolute atomic E-state index is 6.59. The van der Waals surface area contributed by atoms with Crippen LogP contribution < -0.4 is 0 Å². The number of rotatable bonds is 8. The quantitative estimate of drug-likeness (QED) is 0.403. The molecule has 1 radical (unpaired) electrons. The normalized spacial score (nSPS) is 15.3. The van der Waals surface area contributed by atoms with Crippen LogP contribution in [0.3, 0.4) is 0 Å². The van der Waals surface area contributed by atoms with Gasteiger partial charge in [-0.2, -0.15) is 0 Å². The van der Waals surface area contributed by atoms with Crippen molar-refractivity contribution in [2.75, 3.05) is 0 Å². The Morgan fingerprint density at radius 3 is 1.81 bits per heavy atom. The van der Waals surface area contributed by atoms with E-state index < -0.39 is 0 Å². The summed E-state index contributed by atoms with van der Waals surface area (Å²) in [5, 5.41) is 1.24. The summed E-state index contributed by atoms with van der Waals surface area (Å²) in [6, 6.07) is 9.16. The molecule has 0 aliphatic rings. The van der Waals surface area contributed by atoms with Crippen LogP contribution in [0.25, 0.3) is 0 Å². The first kappa shape index (κ1) is 25.6. The van der Waals surface area contributed by atoms with Gasteiger partial charge in [-0.25, -0.2) is 0 Å². The van der Waals surface area contributed by atoms with E-state index in [1.54, 1.807) is 0 Å². The van der Waals surface area contributed by atoms with Crippen LogP contribution in [0.1, 0.15) is 98.6 Å². The van der Waals surface area contributed by atoms with Gasteiger partial charge < -0.3 is 0 Å². The first-order valence-corrected chi connectivity index (χ1v) is 12.0. The fourth-order valence-corrected chi connectivity index (χ4v) is 5.31. The minimum absolute atomic E-state index is 0.0166. The molecule has 0 aliphatic carbocycles. The van der Waals surface area contributed by atoms with Crippen LogP contribution in [0.2, 0.25) is 0 Å². The number of benzene rings is 1. The van der Waals surface area contributed by atoms with E-state index in [1.165, 1.54) is 30.4 Å². The molecule has 0 nitrogen and oxygen atoms in total. The van der Waals surface area contributed by atoms with Crippen LogP contribution >= 0.6 is 10.3 Å². The van der Waals surface area contributed by atoms with Gasteiger partial charge in [0.1, 0.15) is 0 Å². The van der Waals surface area contributed by atoms with Crippen molar-refractivity contribution in [3.63, 3.8) is 0 Å². The molecule has 0 spiro atoms. The Bertz CT molecular complexity index is 508. The fourth-order valence-electron chi connectivity index (χ4n) is 3.53. The van der Waals surface area contributed by atoms with Gasteiger partial charge in [0.15, 0.2) is 0 Å². The predicted molar refractivity (Wildman–Crippen MR) is 126 cm³/mol. The zero-order valence-electron chi connectivity index (χ0n) is 19.2. The second kappa shape index (κ2) is 12.2. The van der Waals surface area contributed by atoms with Crippen molar-refractivity contribution in [2.45, 2.75) is 105 Å². The van der Waals surface area contributed by atoms with Crippen LogP contribution in [-0.2, 0) is 0 Å². The third kappa shape index (κ3) is 9.02. The van der Waals surface area contributed by atoms with E-state index in [4.69, 9.17) is 6.72 Å². The molecule has 0 aliphatic heterocycles. The summed E-state index contributed by atoms with van der Waals surface area (Å²) in [5.41, 5.74) is 3.10. The van der Waals surface area contributed by atoms with Crippen molar-refractivity contribution in [2.24, 2.45) is 11.3 Å². The number of hydrogen-bond acceptors (Lipinski definition) is 0. The summed E-state index contributed by atoms with van der Waals surface area (Å²) < 4.78 is 0. The van der Waals surface area contributed by atoms with E-state index in [0.29, 0.717) is 16.4 Å². The molecule has 0 saturated heterocycles. The Morgan fingerprint density at radius 2 is 1.42 bits per heavy atom. The average molecular weight is 375 g/mol. The third-order valence-electron chi connectivity index (χ3n) is 4.97. The van der Waals surface area contributed by atoms with Crippen molar-refractivity contribution in [3.05, 3.63) is 35.4 Å². The van der Waals surface area contributed by atoms with E-state index in [1.807, 2.05) is 13.8 Å². The summed E-state index contributed by atoms with van der Waals surface area (Å²) in [5.74, 6) is 1.32. The second-order valence-corrected chi connectivity index (χ2v) is 11.5. The summed E-state index contributed by atoms with van der Waals surface area (Å²) >= 11 is 0. The van der Waals surface area contributed by atoms with Crippen molar-refractivity contribution in [1.29, 1.82) is 0 Å². The zero-order chi connectivity index (χ0) is 20.5. The van der Waals surface area contributed by atoms with Crippen LogP contribution in [0.15, 0.2) is 24.3 Å². The first-order chi connectivity index (χ1) is 12.0. The van der Waals surface area contributed by atoms with Crippen molar-refractivity contribution in [3.8, 4) is 0 Å². The van der Waals surface area contributed by atoms with E-state index in [9.17, 15) is 0 Å². The Balaban J connectivity index is 0.00000301. The third-order valence-corrected chi connectivity index (χ3v) is 7.25. The monoisotopic (exact) mass is 375 g/mol. The molecule has 0 aromatic heterocycles. The average Bonchev–Trinajstić information content (AvgIpc) is 2.55. The van der Waals surface area contributed by atoms with Gasteiger partial charge >= 0.3 is 155 Å². The molecular formula is C24H44BS. The summed E-state index contributed by atoms with van der Waals surface area (Å²) in [6.07, 6.45) is 3.73. The summed E-state index contributed by atoms with van der Waals surface area (Å²) in [6.45, 7) is 29.1. The van der Waals surface area contributed by atoms with E-state index in [2.05, 4.69) is 79.7 Å². The molecule has 0 N–H and O–H groups in total. The first-order valence-electron chi connectivity index (χ1n) is 10.5. The van der Waals surface area contributed by atoms with Crippen LogP contribution in [0, 0.1) is 18.3 Å². The molecule has 0 saturated carbocycles. The van der Waals surface area contributed by atoms with Crippen molar-refractivity contribution >= 4 is 17.0 Å². The Morgan fingerprint density at radius 1 is 0.923 bits per heavy atom. The van der Waals surface area contributed by atoms with Crippen molar-refractivity contribution < 1.29 is 0 Å². The minimum atomic E-state index is 0.0166. The standard InChI is InChI=1S/C22H38BS.C2H6/c1-16(2)15-20(24(23)17(3)4)13-14-21(22(6,7)8)19-11-9-18(5)10-12-19;1-2/h9-12,16-17,20-21H,13-15H2,1-8H3;1-2H3. The maximum atomic E-state index is 6.59. The van der Waals surface area contributed by atoms with Gasteiger partial charge in [-0.15, -0.1) is 0 Å². The van der Waals surface area contributed by atoms with Crippen LogP contribution in [0.4, 0.5) is 0 Å². The Hall–Kier alpha value is -0.365. The number of hydrogen-bond donors (Lipinski definition) is 0. The summed E-state index contributed by atoms with van der Waals surface area (Å²) in [4.78, 5) is 0. The second-order valence-electron chi connectivity index (χ2n) is 9.12. The van der Waals surface area contributed by atoms with E-state index >= 15 is 0 Å². The molecule has 0 amide bonds. The molecule has 149 valence electrons. The Kier molecular flexibility index (Phi) is 12.0. The topological polar surface area (TPSA) is 0 Å². The van der Waals surface area contributed by atoms with Gasteiger partial charge in [0, 0.05) is 0 Å². The molecule has 3 atom stereocenters. The van der Waals surface area contributed by atoms with E-state index in [-0.39, 0.29) is 15.7 Å². The number of aryl methyl sites for hydroxylation is 1. The van der Waals surface area contributed by atoms with Gasteiger partial charge in [0.2, 0.25) is 0 Å². The molecule has 0 fully saturated rings. The van der Waals surface area contributed by atoms with Gasteiger partial charge in [-0.05, 0) is 0 Å². The SMILES string of the molecule is CC.[B]=S(C(C)C)C(CCC(c1ccc(C)cc1)C(C)(C)C)CC(C)C. The Labute approximate surface area is 168 Å². The molecule has 26 heavy (non-hydrogen) atoms. The predicted octanol–water partition coefficient (Wildman–Crippen LogP) is 8.11. The molecule has 0 heterocycles. The molecule has 1 rings (SSSR count). The zero-order valence-corrected chi connectivity index (χ0v) is 20.0. The van der Waals surface area contributed by atoms with E-state index in [0.717, 1.165) is 5.92 Å². The van der Waals surface area contributed by atoms with Gasteiger partial charge in [-0.3, -0.25) is 0 Å². The van der Waals surface area contributed by atoms with Gasteiger partial charge in [-0.1, -0.05) is 13.8 Å². The molecular weight excluding hydrogens is 331 g/mol. The van der Waals surface area contributed by atoms with Gasteiger partial charge in [0.25, 0.3) is 0 Å². The summed E-state index contributed by atoms with van der Waals surface area (Å²) in [7, 11) is 0.0166. The van der Waals surface area contributed by atoms with Crippen LogP contribution in [0.5, 0.6) is 0 Å². The van der Waals surface area contributed by atoms with Crippen LogP contribution in [-0.4, -0.2) is 17.2 Å². The fraction of sp³-hybridized carbons (Fsp3) is 0.750. The molecule has 2 heteroatoms.